The first-order valence-electron chi connectivity index (χ1n) is 14.9. The third kappa shape index (κ3) is 6.08. The molecule has 236 valence electrons. The minimum Gasteiger partial charge on any atom is -0.495 e. The van der Waals surface area contributed by atoms with Crippen molar-refractivity contribution in [1.29, 1.82) is 0 Å². The van der Waals surface area contributed by atoms with E-state index in [0.29, 0.717) is 52.0 Å². The standard InChI is InChI=1S/C34H35N7O5/c1-22-27(17-19-45-22)36-18-7-10-30(42)39(2)28-20-24(13-16-29(28)44-3)41-33-31(32(35)37-21-38-33)40(34(41)43)23-11-14-26(15-12-23)46-25-8-5-4-6-9-25/h4-16,20-22,27,36H,17-19H2,1-3H3,(H2,35,37,38)/b10-7+. The summed E-state index contributed by atoms with van der Waals surface area (Å²) >= 11 is 0. The number of hydrogen-bond acceptors (Lipinski definition) is 9. The molecule has 2 atom stereocenters. The normalized spacial score (nSPS) is 16.2. The predicted octanol–water partition coefficient (Wildman–Crippen LogP) is 4.24. The number of nitrogen functional groups attached to an aromatic ring is 1. The molecule has 3 N–H and O–H groups in total. The van der Waals surface area contributed by atoms with Crippen LogP contribution in [-0.4, -0.2) is 64.5 Å². The zero-order valence-corrected chi connectivity index (χ0v) is 25.8. The fraction of sp³-hybridized carbons (Fsp3) is 0.235. The van der Waals surface area contributed by atoms with E-state index in [1.165, 1.54) is 33.5 Å². The van der Waals surface area contributed by atoms with Crippen LogP contribution in [0.25, 0.3) is 22.5 Å². The van der Waals surface area contributed by atoms with Gasteiger partial charge in [-0.25, -0.2) is 19.3 Å². The summed E-state index contributed by atoms with van der Waals surface area (Å²) in [6.07, 6.45) is 5.69. The van der Waals surface area contributed by atoms with E-state index in [4.69, 9.17) is 19.9 Å². The van der Waals surface area contributed by atoms with Crippen LogP contribution in [0.5, 0.6) is 17.2 Å². The van der Waals surface area contributed by atoms with E-state index >= 15 is 0 Å². The molecule has 6 rings (SSSR count). The third-order valence-electron chi connectivity index (χ3n) is 7.97. The third-order valence-corrected chi connectivity index (χ3v) is 7.97. The van der Waals surface area contributed by atoms with Crippen molar-refractivity contribution < 1.29 is 19.0 Å². The molecule has 3 aromatic carbocycles. The van der Waals surface area contributed by atoms with Crippen LogP contribution in [0, 0.1) is 0 Å². The molecule has 12 heteroatoms. The molecular weight excluding hydrogens is 586 g/mol. The lowest BCUT2D eigenvalue weighted by Crippen LogP contribution is -2.34. The number of nitrogens with zero attached hydrogens (tertiary/aromatic N) is 5. The molecule has 2 unspecified atom stereocenters. The zero-order valence-electron chi connectivity index (χ0n) is 25.8. The first-order valence-corrected chi connectivity index (χ1v) is 14.9. The summed E-state index contributed by atoms with van der Waals surface area (Å²) < 4.78 is 20.0. The predicted molar refractivity (Wildman–Crippen MR) is 176 cm³/mol. The molecule has 0 spiro atoms. The Morgan fingerprint density at radius 3 is 2.52 bits per heavy atom. The molecule has 1 amide bonds. The van der Waals surface area contributed by atoms with Crippen LogP contribution in [-0.2, 0) is 9.53 Å². The van der Waals surface area contributed by atoms with Gasteiger partial charge in [0.25, 0.3) is 5.91 Å². The number of likely N-dealkylation sites (N-methyl/N-ethyl adjacent to an activating group) is 1. The number of rotatable bonds is 10. The maximum absolute atomic E-state index is 14.1. The summed E-state index contributed by atoms with van der Waals surface area (Å²) in [6, 6.07) is 21.9. The van der Waals surface area contributed by atoms with Crippen LogP contribution in [0.4, 0.5) is 11.5 Å². The van der Waals surface area contributed by atoms with E-state index in [1.807, 2.05) is 37.3 Å². The number of nitrogens with two attached hydrogens (primary N) is 1. The minimum atomic E-state index is -0.417. The topological polar surface area (TPSA) is 139 Å². The Morgan fingerprint density at radius 1 is 1.07 bits per heavy atom. The Morgan fingerprint density at radius 2 is 1.80 bits per heavy atom. The number of fused-ring (bicyclic) bond motifs is 1. The van der Waals surface area contributed by atoms with Crippen molar-refractivity contribution in [3.8, 4) is 28.6 Å². The summed E-state index contributed by atoms with van der Waals surface area (Å²) in [5.74, 6) is 1.65. The maximum Gasteiger partial charge on any atom is 0.339 e. The molecule has 1 aliphatic rings. The Bertz CT molecular complexity index is 1940. The molecule has 1 aliphatic heterocycles. The van der Waals surface area contributed by atoms with E-state index in [2.05, 4.69) is 15.3 Å². The molecule has 5 aromatic rings. The lowest BCUT2D eigenvalue weighted by molar-refractivity contribution is -0.113. The van der Waals surface area contributed by atoms with Gasteiger partial charge in [0.15, 0.2) is 11.5 Å². The number of hydrogen-bond donors (Lipinski definition) is 2. The lowest BCUT2D eigenvalue weighted by Gasteiger charge is -2.20. The van der Waals surface area contributed by atoms with Crippen LogP contribution >= 0.6 is 0 Å². The number of imidazole rings is 1. The van der Waals surface area contributed by atoms with E-state index in [0.717, 1.165) is 13.0 Å². The monoisotopic (exact) mass is 621 g/mol. The average molecular weight is 622 g/mol. The average Bonchev–Trinajstić information content (AvgIpc) is 3.62. The summed E-state index contributed by atoms with van der Waals surface area (Å²) in [7, 11) is 3.18. The second kappa shape index (κ2) is 13.3. The van der Waals surface area contributed by atoms with Crippen molar-refractivity contribution in [2.24, 2.45) is 0 Å². The molecule has 3 heterocycles. The summed E-state index contributed by atoms with van der Waals surface area (Å²) in [5.41, 5.74) is 8.04. The number of para-hydroxylation sites is 1. The highest BCUT2D eigenvalue weighted by Crippen LogP contribution is 2.32. The lowest BCUT2D eigenvalue weighted by atomic mass is 10.1. The number of ether oxygens (including phenoxy) is 3. The number of anilines is 2. The maximum atomic E-state index is 14.1. The number of carbonyl (C=O) groups excluding carboxylic acids is 1. The van der Waals surface area contributed by atoms with Gasteiger partial charge in [-0.3, -0.25) is 9.36 Å². The number of nitrogens with one attached hydrogen (secondary N) is 1. The highest BCUT2D eigenvalue weighted by atomic mass is 16.5. The Hall–Kier alpha value is -5.46. The van der Waals surface area contributed by atoms with Crippen LogP contribution in [0.2, 0.25) is 0 Å². The van der Waals surface area contributed by atoms with Gasteiger partial charge in [0.05, 0.1) is 30.3 Å². The number of methoxy groups -OCH3 is 1. The minimum absolute atomic E-state index is 0.141. The Labute approximate surface area is 265 Å². The van der Waals surface area contributed by atoms with Gasteiger partial charge in [0, 0.05) is 32.3 Å². The second-order valence-corrected chi connectivity index (χ2v) is 10.8. The van der Waals surface area contributed by atoms with Gasteiger partial charge in [0.1, 0.15) is 29.1 Å². The molecule has 1 fully saturated rings. The van der Waals surface area contributed by atoms with Gasteiger partial charge in [-0.15, -0.1) is 0 Å². The van der Waals surface area contributed by atoms with Gasteiger partial charge in [-0.2, -0.15) is 0 Å². The van der Waals surface area contributed by atoms with Gasteiger partial charge in [-0.1, -0.05) is 24.3 Å². The molecule has 12 nitrogen and oxygen atoms in total. The molecule has 46 heavy (non-hydrogen) atoms. The molecule has 1 saturated heterocycles. The van der Waals surface area contributed by atoms with E-state index in [1.54, 1.807) is 55.6 Å². The fourth-order valence-corrected chi connectivity index (χ4v) is 5.50. The number of amides is 1. The second-order valence-electron chi connectivity index (χ2n) is 10.8. The van der Waals surface area contributed by atoms with Crippen molar-refractivity contribution in [3.63, 3.8) is 0 Å². The van der Waals surface area contributed by atoms with Gasteiger partial charge >= 0.3 is 5.69 Å². The largest absolute Gasteiger partial charge is 0.495 e. The molecule has 0 bridgehead atoms. The molecule has 0 radical (unpaired) electrons. The molecule has 0 aliphatic carbocycles. The van der Waals surface area contributed by atoms with Crippen molar-refractivity contribution >= 4 is 28.6 Å². The van der Waals surface area contributed by atoms with Gasteiger partial charge < -0.3 is 30.2 Å². The Balaban J connectivity index is 1.32. The first kappa shape index (κ1) is 30.6. The molecule has 2 aromatic heterocycles. The van der Waals surface area contributed by atoms with E-state index in [9.17, 15) is 9.59 Å². The zero-order chi connectivity index (χ0) is 32.2. The highest BCUT2D eigenvalue weighted by Gasteiger charge is 2.24. The van der Waals surface area contributed by atoms with Crippen molar-refractivity contribution in [2.45, 2.75) is 25.5 Å². The SMILES string of the molecule is COc1ccc(-n2c(=O)n(-c3ccc(Oc4ccccc4)cc3)c3c(N)ncnc32)cc1N(C)C(=O)/C=C/CNC1CCOC1C. The summed E-state index contributed by atoms with van der Waals surface area (Å²) in [6.45, 7) is 3.30. The summed E-state index contributed by atoms with van der Waals surface area (Å²) in [4.78, 5) is 37.4. The van der Waals surface area contributed by atoms with Crippen LogP contribution in [0.15, 0.2) is 96.1 Å². The van der Waals surface area contributed by atoms with Crippen molar-refractivity contribution in [3.05, 3.63) is 102 Å². The molecular formula is C34H35N7O5. The van der Waals surface area contributed by atoms with Gasteiger partial charge in [-0.05, 0) is 67.9 Å². The van der Waals surface area contributed by atoms with Crippen molar-refractivity contribution in [2.75, 3.05) is 37.9 Å². The number of benzene rings is 3. The van der Waals surface area contributed by atoms with Crippen LogP contribution in [0.1, 0.15) is 13.3 Å². The smallest absolute Gasteiger partial charge is 0.339 e. The van der Waals surface area contributed by atoms with E-state index < -0.39 is 5.69 Å². The number of carbonyl (C=O) groups is 1. The fourth-order valence-electron chi connectivity index (χ4n) is 5.50. The van der Waals surface area contributed by atoms with Crippen LogP contribution in [0.3, 0.4) is 0 Å². The Kier molecular flexibility index (Phi) is 8.81. The first-order chi connectivity index (χ1) is 22.4. The van der Waals surface area contributed by atoms with Crippen molar-refractivity contribution in [1.82, 2.24) is 24.4 Å². The molecule has 0 saturated carbocycles. The highest BCUT2D eigenvalue weighted by molar-refractivity contribution is 6.02. The quantitative estimate of drug-likeness (QED) is 0.219. The van der Waals surface area contributed by atoms with Crippen LogP contribution < -0.4 is 31.1 Å². The van der Waals surface area contributed by atoms with Gasteiger partial charge in [0.2, 0.25) is 0 Å². The van der Waals surface area contributed by atoms with E-state index in [-0.39, 0.29) is 23.9 Å². The number of aromatic nitrogens is 4. The summed E-state index contributed by atoms with van der Waals surface area (Å²) in [5, 5.41) is 3.40.